The normalized spacial score (nSPS) is 14.2. The van der Waals surface area contributed by atoms with Crippen LogP contribution in [0.5, 0.6) is 0 Å². The minimum absolute atomic E-state index is 0.0259. The number of aromatic nitrogens is 3. The van der Waals surface area contributed by atoms with E-state index in [4.69, 9.17) is 0 Å². The Hall–Kier alpha value is -3.52. The van der Waals surface area contributed by atoms with Crippen molar-refractivity contribution in [2.24, 2.45) is 5.92 Å². The Morgan fingerprint density at radius 3 is 2.65 bits per heavy atom. The number of aldehydes is 1. The Bertz CT molecular complexity index is 974. The molecule has 0 aromatic carbocycles. The number of alkyl halides is 2. The zero-order valence-corrected chi connectivity index (χ0v) is 16.8. The SMILES string of the molecule is CN(CC(F)F)C[C@@H](C=O)Nc1cc(-c2cnc(NC(=O)C3CC3)cn2)cnc1C#N. The lowest BCUT2D eigenvalue weighted by molar-refractivity contribution is -0.117. The first-order chi connectivity index (χ1) is 14.9. The average molecular weight is 429 g/mol. The molecule has 1 amide bonds. The number of amides is 1. The molecule has 0 saturated heterocycles. The maximum atomic E-state index is 12.5. The Morgan fingerprint density at radius 2 is 2.06 bits per heavy atom. The topological polar surface area (TPSA) is 124 Å². The van der Waals surface area contributed by atoms with Crippen molar-refractivity contribution < 1.29 is 18.4 Å². The molecular formula is C20H21F2N7O2. The van der Waals surface area contributed by atoms with Crippen LogP contribution in [-0.2, 0) is 9.59 Å². The molecule has 1 aliphatic carbocycles. The maximum Gasteiger partial charge on any atom is 0.251 e. The number of hydrogen-bond acceptors (Lipinski definition) is 8. The highest BCUT2D eigenvalue weighted by Gasteiger charge is 2.29. The Kier molecular flexibility index (Phi) is 7.15. The molecule has 1 fully saturated rings. The second-order valence-electron chi connectivity index (χ2n) is 7.28. The van der Waals surface area contributed by atoms with E-state index in [1.807, 2.05) is 6.07 Å². The van der Waals surface area contributed by atoms with Crippen molar-refractivity contribution in [3.05, 3.63) is 30.4 Å². The summed E-state index contributed by atoms with van der Waals surface area (Å²) in [4.78, 5) is 37.1. The van der Waals surface area contributed by atoms with Crippen LogP contribution in [0.15, 0.2) is 24.7 Å². The number of pyridine rings is 1. The Balaban J connectivity index is 1.74. The van der Waals surface area contributed by atoms with Crippen molar-refractivity contribution in [3.8, 4) is 17.3 Å². The van der Waals surface area contributed by atoms with Gasteiger partial charge in [-0.25, -0.2) is 18.7 Å². The lowest BCUT2D eigenvalue weighted by Gasteiger charge is -2.22. The van der Waals surface area contributed by atoms with E-state index in [9.17, 15) is 23.6 Å². The van der Waals surface area contributed by atoms with Crippen molar-refractivity contribution in [2.75, 3.05) is 30.8 Å². The van der Waals surface area contributed by atoms with Gasteiger partial charge in [-0.1, -0.05) is 0 Å². The lowest BCUT2D eigenvalue weighted by atomic mass is 10.1. The fourth-order valence-electron chi connectivity index (χ4n) is 2.89. The van der Waals surface area contributed by atoms with Gasteiger partial charge in [-0.3, -0.25) is 14.7 Å². The second-order valence-corrected chi connectivity index (χ2v) is 7.28. The van der Waals surface area contributed by atoms with Gasteiger partial charge < -0.3 is 15.4 Å². The van der Waals surface area contributed by atoms with Crippen LogP contribution in [0.25, 0.3) is 11.3 Å². The van der Waals surface area contributed by atoms with Crippen LogP contribution in [0.4, 0.5) is 20.3 Å². The lowest BCUT2D eigenvalue weighted by Crippen LogP contribution is -2.38. The van der Waals surface area contributed by atoms with Crippen molar-refractivity contribution in [1.82, 2.24) is 19.9 Å². The van der Waals surface area contributed by atoms with Gasteiger partial charge in [-0.15, -0.1) is 0 Å². The minimum Gasteiger partial charge on any atom is -0.372 e. The zero-order chi connectivity index (χ0) is 22.4. The van der Waals surface area contributed by atoms with Crippen LogP contribution in [0.1, 0.15) is 18.5 Å². The molecule has 1 aliphatic rings. The molecule has 0 unspecified atom stereocenters. The summed E-state index contributed by atoms with van der Waals surface area (Å²) in [6, 6.07) is 2.69. The minimum atomic E-state index is -2.52. The van der Waals surface area contributed by atoms with Gasteiger partial charge in [0.25, 0.3) is 6.43 Å². The van der Waals surface area contributed by atoms with Crippen LogP contribution in [0, 0.1) is 17.2 Å². The van der Waals surface area contributed by atoms with E-state index in [2.05, 4.69) is 25.6 Å². The van der Waals surface area contributed by atoms with E-state index in [1.54, 1.807) is 6.07 Å². The van der Waals surface area contributed by atoms with Crippen LogP contribution < -0.4 is 10.6 Å². The van der Waals surface area contributed by atoms with Gasteiger partial charge >= 0.3 is 0 Å². The van der Waals surface area contributed by atoms with Crippen molar-refractivity contribution in [3.63, 3.8) is 0 Å². The predicted octanol–water partition coefficient (Wildman–Crippen LogP) is 1.94. The number of likely N-dealkylation sites (N-methyl/N-ethyl adjacent to an activating group) is 1. The van der Waals surface area contributed by atoms with Gasteiger partial charge in [0.2, 0.25) is 5.91 Å². The van der Waals surface area contributed by atoms with Crippen LogP contribution in [0.3, 0.4) is 0 Å². The van der Waals surface area contributed by atoms with E-state index < -0.39 is 19.0 Å². The van der Waals surface area contributed by atoms with Gasteiger partial charge in [-0.05, 0) is 26.0 Å². The number of nitrogens with one attached hydrogen (secondary N) is 2. The third-order valence-corrected chi connectivity index (χ3v) is 4.60. The van der Waals surface area contributed by atoms with Crippen molar-refractivity contribution in [1.29, 1.82) is 5.26 Å². The van der Waals surface area contributed by atoms with E-state index in [-0.39, 0.29) is 29.8 Å². The summed E-state index contributed by atoms with van der Waals surface area (Å²) in [5, 5.41) is 14.9. The highest BCUT2D eigenvalue weighted by Crippen LogP contribution is 2.30. The molecule has 0 spiro atoms. The van der Waals surface area contributed by atoms with Gasteiger partial charge in [0.05, 0.1) is 36.4 Å². The highest BCUT2D eigenvalue weighted by molar-refractivity contribution is 5.93. The first-order valence-electron chi connectivity index (χ1n) is 9.61. The molecule has 0 radical (unpaired) electrons. The number of carbonyl (C=O) groups is 2. The van der Waals surface area contributed by atoms with Gasteiger partial charge in [-0.2, -0.15) is 5.26 Å². The molecule has 2 aromatic rings. The Labute approximate surface area is 177 Å². The standard InChI is InChI=1S/C20H21F2N7O2/c1-29(10-18(21)22)9-14(11-30)27-15-4-13(6-24-16(15)5-23)17-7-26-19(8-25-17)28-20(31)12-2-3-12/h4,6-8,11-12,14,18,27H,2-3,9-10H2,1H3,(H,26,28,31)/t14-/m0/s1. The molecule has 31 heavy (non-hydrogen) atoms. The van der Waals surface area contributed by atoms with Crippen LogP contribution >= 0.6 is 0 Å². The third kappa shape index (κ3) is 6.23. The molecular weight excluding hydrogens is 408 g/mol. The van der Waals surface area contributed by atoms with Crippen LogP contribution in [0.2, 0.25) is 0 Å². The predicted molar refractivity (Wildman–Crippen MR) is 108 cm³/mol. The summed E-state index contributed by atoms with van der Waals surface area (Å²) in [6.45, 7) is -0.452. The average Bonchev–Trinajstić information content (AvgIpc) is 3.58. The van der Waals surface area contributed by atoms with E-state index in [1.165, 1.54) is 30.5 Å². The largest absolute Gasteiger partial charge is 0.372 e. The first-order valence-corrected chi connectivity index (χ1v) is 9.61. The quantitative estimate of drug-likeness (QED) is 0.549. The summed E-state index contributed by atoms with van der Waals surface area (Å²) >= 11 is 0. The number of rotatable bonds is 10. The molecule has 2 N–H and O–H groups in total. The molecule has 9 nitrogen and oxygen atoms in total. The molecule has 11 heteroatoms. The fourth-order valence-corrected chi connectivity index (χ4v) is 2.89. The number of halogens is 2. The second kappa shape index (κ2) is 9.99. The molecule has 1 atom stereocenters. The third-order valence-electron chi connectivity index (χ3n) is 4.60. The molecule has 3 rings (SSSR count). The van der Waals surface area contributed by atoms with E-state index in [0.29, 0.717) is 23.4 Å². The molecule has 162 valence electrons. The van der Waals surface area contributed by atoms with Gasteiger partial charge in [0.15, 0.2) is 11.5 Å². The number of nitrogens with zero attached hydrogens (tertiary/aromatic N) is 5. The Morgan fingerprint density at radius 1 is 1.29 bits per heavy atom. The van der Waals surface area contributed by atoms with Crippen molar-refractivity contribution in [2.45, 2.75) is 25.3 Å². The van der Waals surface area contributed by atoms with Gasteiger partial charge in [0.1, 0.15) is 12.4 Å². The van der Waals surface area contributed by atoms with Gasteiger partial charge in [0, 0.05) is 24.2 Å². The summed E-state index contributed by atoms with van der Waals surface area (Å²) in [5.74, 6) is 0.303. The molecule has 2 aromatic heterocycles. The fraction of sp³-hybridized carbons (Fsp3) is 0.400. The smallest absolute Gasteiger partial charge is 0.251 e. The molecule has 2 heterocycles. The number of hydrogen-bond donors (Lipinski definition) is 2. The highest BCUT2D eigenvalue weighted by atomic mass is 19.3. The summed E-state index contributed by atoms with van der Waals surface area (Å²) < 4.78 is 25.1. The molecule has 1 saturated carbocycles. The maximum absolute atomic E-state index is 12.5. The molecule has 0 aliphatic heterocycles. The first kappa shape index (κ1) is 22.2. The monoisotopic (exact) mass is 429 g/mol. The summed E-state index contributed by atoms with van der Waals surface area (Å²) in [6.07, 6.45) is 4.15. The van der Waals surface area contributed by atoms with Crippen molar-refractivity contribution >= 4 is 23.7 Å². The zero-order valence-electron chi connectivity index (χ0n) is 16.8. The van der Waals surface area contributed by atoms with E-state index in [0.717, 1.165) is 12.8 Å². The number of carbonyl (C=O) groups excluding carboxylic acids is 2. The van der Waals surface area contributed by atoms with Crippen LogP contribution in [-0.4, -0.2) is 64.6 Å². The number of nitriles is 1. The summed E-state index contributed by atoms with van der Waals surface area (Å²) in [5.41, 5.74) is 1.30. The van der Waals surface area contributed by atoms with E-state index >= 15 is 0 Å². The number of anilines is 2. The molecule has 0 bridgehead atoms. The summed E-state index contributed by atoms with van der Waals surface area (Å²) in [7, 11) is 1.48.